The summed E-state index contributed by atoms with van der Waals surface area (Å²) in [6, 6.07) is 9.78. The molecule has 0 fully saturated rings. The highest BCUT2D eigenvalue weighted by atomic mass is 32.1. The molecule has 0 unspecified atom stereocenters. The number of nitrogens with zero attached hydrogens (tertiary/aromatic N) is 4. The van der Waals surface area contributed by atoms with Crippen LogP contribution in [0.2, 0.25) is 0 Å². The first-order chi connectivity index (χ1) is 12.0. The van der Waals surface area contributed by atoms with Crippen molar-refractivity contribution in [2.75, 3.05) is 13.6 Å². The monoisotopic (exact) mass is 356 g/mol. The Balaban J connectivity index is 1.79. The van der Waals surface area contributed by atoms with Gasteiger partial charge in [0.05, 0.1) is 22.5 Å². The minimum Gasteiger partial charge on any atom is -0.301 e. The van der Waals surface area contributed by atoms with E-state index in [1.165, 1.54) is 4.88 Å². The molecule has 0 bridgehead atoms. The lowest BCUT2D eigenvalue weighted by Crippen LogP contribution is -2.26. The molecule has 25 heavy (non-hydrogen) atoms. The molecule has 0 aliphatic carbocycles. The molecule has 0 aliphatic heterocycles. The van der Waals surface area contributed by atoms with E-state index < -0.39 is 0 Å². The Morgan fingerprint density at radius 3 is 2.56 bits per heavy atom. The standard InChI is InChI=1S/C19H24N4OS/c1-14-18(25-13-20-14)10-11-21(3)12-17-15(2)22(4)23(19(17)24)16-8-6-5-7-9-16/h5-9,13H,10-12H2,1-4H3. The van der Waals surface area contributed by atoms with Gasteiger partial charge in [-0.25, -0.2) is 9.67 Å². The molecule has 2 heterocycles. The van der Waals surface area contributed by atoms with Crippen LogP contribution >= 0.6 is 11.3 Å². The fourth-order valence-corrected chi connectivity index (χ4v) is 3.78. The normalized spacial score (nSPS) is 11.4. The van der Waals surface area contributed by atoms with Crippen LogP contribution in [0.5, 0.6) is 0 Å². The molecule has 0 saturated carbocycles. The van der Waals surface area contributed by atoms with Gasteiger partial charge in [0.1, 0.15) is 0 Å². The largest absolute Gasteiger partial charge is 0.301 e. The van der Waals surface area contributed by atoms with Crippen LogP contribution in [0.4, 0.5) is 0 Å². The quantitative estimate of drug-likeness (QED) is 0.682. The minimum atomic E-state index is 0.0621. The third kappa shape index (κ3) is 3.60. The third-order valence-corrected chi connectivity index (χ3v) is 5.66. The van der Waals surface area contributed by atoms with Gasteiger partial charge in [0, 0.05) is 30.7 Å². The van der Waals surface area contributed by atoms with E-state index in [9.17, 15) is 4.79 Å². The van der Waals surface area contributed by atoms with Gasteiger partial charge < -0.3 is 4.90 Å². The number of aryl methyl sites for hydroxylation is 1. The molecule has 0 atom stereocenters. The van der Waals surface area contributed by atoms with Gasteiger partial charge in [-0.2, -0.15) is 0 Å². The zero-order chi connectivity index (χ0) is 18.0. The van der Waals surface area contributed by atoms with Crippen molar-refractivity contribution in [3.8, 4) is 5.69 Å². The first kappa shape index (κ1) is 17.6. The van der Waals surface area contributed by atoms with Gasteiger partial charge in [-0.15, -0.1) is 11.3 Å². The predicted octanol–water partition coefficient (Wildman–Crippen LogP) is 2.92. The van der Waals surface area contributed by atoms with Crippen molar-refractivity contribution in [3.05, 3.63) is 68.0 Å². The zero-order valence-corrected chi connectivity index (χ0v) is 16.0. The maximum absolute atomic E-state index is 12.9. The molecule has 3 rings (SSSR count). The number of para-hydroxylation sites is 1. The van der Waals surface area contributed by atoms with Crippen LogP contribution in [0.25, 0.3) is 5.69 Å². The highest BCUT2D eigenvalue weighted by Crippen LogP contribution is 2.15. The molecular weight excluding hydrogens is 332 g/mol. The Morgan fingerprint density at radius 1 is 1.20 bits per heavy atom. The van der Waals surface area contributed by atoms with Gasteiger partial charge in [-0.05, 0) is 39.4 Å². The Labute approximate surface area is 152 Å². The number of thiazole rings is 1. The van der Waals surface area contributed by atoms with Crippen LogP contribution in [-0.4, -0.2) is 32.8 Å². The first-order valence-electron chi connectivity index (χ1n) is 8.39. The summed E-state index contributed by atoms with van der Waals surface area (Å²) in [6.07, 6.45) is 0.964. The van der Waals surface area contributed by atoms with Crippen LogP contribution in [0.1, 0.15) is 21.8 Å². The third-order valence-electron chi connectivity index (χ3n) is 4.67. The summed E-state index contributed by atoms with van der Waals surface area (Å²) in [6.45, 7) is 5.61. The molecule has 0 radical (unpaired) electrons. The summed E-state index contributed by atoms with van der Waals surface area (Å²) in [7, 11) is 4.00. The summed E-state index contributed by atoms with van der Waals surface area (Å²) in [5.41, 5.74) is 5.83. The van der Waals surface area contributed by atoms with Gasteiger partial charge in [0.15, 0.2) is 0 Å². The second-order valence-electron chi connectivity index (χ2n) is 6.39. The fraction of sp³-hybridized carbons (Fsp3) is 0.368. The molecule has 3 aromatic rings. The molecule has 132 valence electrons. The van der Waals surface area contributed by atoms with Crippen molar-refractivity contribution >= 4 is 11.3 Å². The molecule has 0 spiro atoms. The summed E-state index contributed by atoms with van der Waals surface area (Å²) < 4.78 is 3.68. The first-order valence-corrected chi connectivity index (χ1v) is 9.27. The van der Waals surface area contributed by atoms with Gasteiger partial charge in [0.2, 0.25) is 0 Å². The van der Waals surface area contributed by atoms with E-state index in [4.69, 9.17) is 0 Å². The number of rotatable bonds is 6. The average Bonchev–Trinajstić information content (AvgIpc) is 3.10. The lowest BCUT2D eigenvalue weighted by molar-refractivity contribution is 0.330. The highest BCUT2D eigenvalue weighted by Gasteiger charge is 2.17. The molecule has 0 aliphatic rings. The lowest BCUT2D eigenvalue weighted by atomic mass is 10.2. The van der Waals surface area contributed by atoms with Crippen molar-refractivity contribution < 1.29 is 0 Å². The van der Waals surface area contributed by atoms with Crippen molar-refractivity contribution in [1.82, 2.24) is 19.2 Å². The molecule has 2 aromatic heterocycles. The number of hydrogen-bond acceptors (Lipinski definition) is 4. The average molecular weight is 356 g/mol. The second-order valence-corrected chi connectivity index (χ2v) is 7.33. The molecule has 6 heteroatoms. The topological polar surface area (TPSA) is 43.1 Å². The van der Waals surface area contributed by atoms with E-state index >= 15 is 0 Å². The number of hydrogen-bond donors (Lipinski definition) is 0. The van der Waals surface area contributed by atoms with Crippen LogP contribution < -0.4 is 5.56 Å². The summed E-state index contributed by atoms with van der Waals surface area (Å²) in [5.74, 6) is 0. The maximum atomic E-state index is 12.9. The molecule has 1 aromatic carbocycles. The van der Waals surface area contributed by atoms with E-state index in [1.807, 2.05) is 61.4 Å². The zero-order valence-electron chi connectivity index (χ0n) is 15.2. The van der Waals surface area contributed by atoms with Gasteiger partial charge in [0.25, 0.3) is 5.56 Å². The van der Waals surface area contributed by atoms with Crippen molar-refractivity contribution in [2.24, 2.45) is 7.05 Å². The lowest BCUT2D eigenvalue weighted by Gasteiger charge is -2.15. The van der Waals surface area contributed by atoms with Gasteiger partial charge in [-0.3, -0.25) is 9.48 Å². The second kappa shape index (κ2) is 7.37. The van der Waals surface area contributed by atoms with E-state index in [0.717, 1.165) is 35.6 Å². The van der Waals surface area contributed by atoms with Gasteiger partial charge >= 0.3 is 0 Å². The molecule has 0 saturated heterocycles. The Bertz CT molecular complexity index is 907. The van der Waals surface area contributed by atoms with Crippen LogP contribution in [0, 0.1) is 13.8 Å². The van der Waals surface area contributed by atoms with Crippen LogP contribution in [0.15, 0.2) is 40.6 Å². The SMILES string of the molecule is Cc1ncsc1CCN(C)Cc1c(C)n(C)n(-c2ccccc2)c1=O. The van der Waals surface area contributed by atoms with Crippen molar-refractivity contribution in [2.45, 2.75) is 26.8 Å². The number of likely N-dealkylation sites (N-methyl/N-ethyl adjacent to an activating group) is 1. The molecule has 0 N–H and O–H groups in total. The molecule has 5 nitrogen and oxygen atoms in total. The minimum absolute atomic E-state index is 0.0621. The Hall–Kier alpha value is -2.18. The molecular formula is C19H24N4OS. The van der Waals surface area contributed by atoms with Crippen LogP contribution in [0.3, 0.4) is 0 Å². The highest BCUT2D eigenvalue weighted by molar-refractivity contribution is 7.09. The smallest absolute Gasteiger partial charge is 0.276 e. The number of benzene rings is 1. The van der Waals surface area contributed by atoms with E-state index in [0.29, 0.717) is 6.54 Å². The van der Waals surface area contributed by atoms with E-state index in [2.05, 4.69) is 16.9 Å². The molecule has 0 amide bonds. The van der Waals surface area contributed by atoms with Crippen molar-refractivity contribution in [1.29, 1.82) is 0 Å². The van der Waals surface area contributed by atoms with Gasteiger partial charge in [-0.1, -0.05) is 18.2 Å². The van der Waals surface area contributed by atoms with E-state index in [-0.39, 0.29) is 5.56 Å². The summed E-state index contributed by atoms with van der Waals surface area (Å²) >= 11 is 1.70. The Morgan fingerprint density at radius 2 is 1.92 bits per heavy atom. The number of aromatic nitrogens is 3. The summed E-state index contributed by atoms with van der Waals surface area (Å²) in [5, 5.41) is 0. The van der Waals surface area contributed by atoms with E-state index in [1.54, 1.807) is 16.0 Å². The maximum Gasteiger partial charge on any atom is 0.276 e. The van der Waals surface area contributed by atoms with Crippen LogP contribution in [-0.2, 0) is 20.0 Å². The Kier molecular flexibility index (Phi) is 5.20. The predicted molar refractivity (Wildman–Crippen MR) is 103 cm³/mol. The fourth-order valence-electron chi connectivity index (χ4n) is 3.01. The van der Waals surface area contributed by atoms with Crippen molar-refractivity contribution in [3.63, 3.8) is 0 Å². The summed E-state index contributed by atoms with van der Waals surface area (Å²) in [4.78, 5) is 20.8.